The lowest BCUT2D eigenvalue weighted by Crippen LogP contribution is -2.45. The number of nitrogens with zero attached hydrogens (tertiary/aromatic N) is 5. The van der Waals surface area contributed by atoms with Crippen molar-refractivity contribution in [1.29, 1.82) is 0 Å². The molecule has 6 heterocycles. The topological polar surface area (TPSA) is 103 Å². The van der Waals surface area contributed by atoms with Crippen LogP contribution < -0.4 is 10.1 Å². The molecule has 2 amide bonds. The standard InChI is InChI=1S/C35H35ClN6O4/c1-20-32(28-14-23-10-13-29(36)38-33(23)40(28)18-21-8-9-21)39-30-15-24(16-31(45-2)41(20)30)34(43)42-25-11-12-27(42)26(17-25)37-35(44)46-19-22-6-4-3-5-7-22/h3-7,10,13-16,21,25-27H,8-9,11-12,17-19H2,1-2H3,(H,37,44)/t25-,26+,27+/m0/s1. The molecule has 8 rings (SSSR count). The average Bonchev–Trinajstić information content (AvgIpc) is 3.38. The number of hydrogen-bond acceptors (Lipinski definition) is 6. The number of nitrogens with one attached hydrogen (secondary N) is 1. The minimum Gasteiger partial charge on any atom is -0.482 e. The van der Waals surface area contributed by atoms with E-state index in [1.54, 1.807) is 13.2 Å². The molecule has 3 atom stereocenters. The second-order valence-electron chi connectivity index (χ2n) is 12.7. The van der Waals surface area contributed by atoms with E-state index in [0.29, 0.717) is 34.6 Å². The number of pyridine rings is 2. The number of hydrogen-bond donors (Lipinski definition) is 1. The van der Waals surface area contributed by atoms with Crippen LogP contribution >= 0.6 is 11.6 Å². The van der Waals surface area contributed by atoms with E-state index in [2.05, 4.69) is 20.9 Å². The lowest BCUT2D eigenvalue weighted by molar-refractivity contribution is 0.0719. The van der Waals surface area contributed by atoms with Gasteiger partial charge < -0.3 is 24.3 Å². The van der Waals surface area contributed by atoms with Crippen molar-refractivity contribution < 1.29 is 19.1 Å². The van der Waals surface area contributed by atoms with Crippen LogP contribution in [0.25, 0.3) is 28.1 Å². The number of benzene rings is 1. The predicted octanol–water partition coefficient (Wildman–Crippen LogP) is 6.40. The maximum Gasteiger partial charge on any atom is 0.407 e. The number of imidazole rings is 1. The molecule has 10 nitrogen and oxygen atoms in total. The molecular weight excluding hydrogens is 604 g/mol. The molecule has 11 heteroatoms. The van der Waals surface area contributed by atoms with E-state index in [4.69, 9.17) is 26.1 Å². The van der Waals surface area contributed by atoms with Gasteiger partial charge in [-0.2, -0.15) is 0 Å². The monoisotopic (exact) mass is 638 g/mol. The van der Waals surface area contributed by atoms with Crippen molar-refractivity contribution in [3.63, 3.8) is 0 Å². The van der Waals surface area contributed by atoms with E-state index in [-0.39, 0.29) is 30.6 Å². The predicted molar refractivity (Wildman–Crippen MR) is 174 cm³/mol. The highest BCUT2D eigenvalue weighted by atomic mass is 35.5. The average molecular weight is 639 g/mol. The highest BCUT2D eigenvalue weighted by Crippen LogP contribution is 2.40. The Bertz CT molecular complexity index is 1980. The molecule has 3 aliphatic rings. The summed E-state index contributed by atoms with van der Waals surface area (Å²) in [6.07, 6.45) is 4.37. The third kappa shape index (κ3) is 5.05. The van der Waals surface area contributed by atoms with Gasteiger partial charge in [0.1, 0.15) is 28.7 Å². The van der Waals surface area contributed by atoms with Crippen molar-refractivity contribution in [3.8, 4) is 17.3 Å². The number of rotatable bonds is 8. The number of amides is 2. The van der Waals surface area contributed by atoms with Crippen molar-refractivity contribution >= 4 is 40.3 Å². The number of carbonyl (C=O) groups is 2. The minimum absolute atomic E-state index is 0.0497. The number of aromatic nitrogens is 4. The van der Waals surface area contributed by atoms with Gasteiger partial charge >= 0.3 is 6.09 Å². The highest BCUT2D eigenvalue weighted by molar-refractivity contribution is 6.29. The first-order valence-electron chi connectivity index (χ1n) is 15.9. The Morgan fingerprint density at radius 3 is 2.63 bits per heavy atom. The minimum atomic E-state index is -0.464. The molecule has 0 spiro atoms. The van der Waals surface area contributed by atoms with E-state index >= 15 is 0 Å². The van der Waals surface area contributed by atoms with E-state index in [1.807, 2.05) is 64.8 Å². The normalized spacial score (nSPS) is 20.5. The van der Waals surface area contributed by atoms with Gasteiger partial charge in [-0.15, -0.1) is 0 Å². The maximum absolute atomic E-state index is 14.1. The number of carbonyl (C=O) groups excluding carboxylic acids is 2. The molecule has 1 aliphatic carbocycles. The molecule has 1 saturated carbocycles. The second-order valence-corrected chi connectivity index (χ2v) is 13.1. The summed E-state index contributed by atoms with van der Waals surface area (Å²) in [5.74, 6) is 1.07. The summed E-state index contributed by atoms with van der Waals surface area (Å²) in [4.78, 5) is 38.4. The van der Waals surface area contributed by atoms with Gasteiger partial charge in [-0.3, -0.25) is 9.20 Å². The lowest BCUT2D eigenvalue weighted by atomic mass is 9.96. The van der Waals surface area contributed by atoms with Crippen LogP contribution in [0, 0.1) is 12.8 Å². The van der Waals surface area contributed by atoms with E-state index in [1.165, 1.54) is 12.8 Å². The van der Waals surface area contributed by atoms with Crippen LogP contribution in [0.2, 0.25) is 5.15 Å². The Balaban J connectivity index is 1.08. The summed E-state index contributed by atoms with van der Waals surface area (Å²) in [7, 11) is 1.61. The molecule has 3 fully saturated rings. The first-order valence-corrected chi connectivity index (χ1v) is 16.3. The quantitative estimate of drug-likeness (QED) is 0.197. The SMILES string of the molecule is COc1cc(C(=O)N2[C@H]3CC[C@@H]2[C@H](NC(=O)OCc2ccccc2)C3)cc2nc(-c3cc4ccc(Cl)nc4n3CC3CC3)c(C)n12. The molecule has 4 aromatic heterocycles. The van der Waals surface area contributed by atoms with Gasteiger partial charge in [0.2, 0.25) is 0 Å². The number of ether oxygens (including phenoxy) is 2. The molecular formula is C35H35ClN6O4. The van der Waals surface area contributed by atoms with Gasteiger partial charge in [-0.05, 0) is 74.8 Å². The van der Waals surface area contributed by atoms with Gasteiger partial charge in [0.15, 0.2) is 5.88 Å². The van der Waals surface area contributed by atoms with Crippen LogP contribution in [0.5, 0.6) is 5.88 Å². The first kappa shape index (κ1) is 28.9. The molecule has 2 aliphatic heterocycles. The Kier molecular flexibility index (Phi) is 7.12. The van der Waals surface area contributed by atoms with Crippen LogP contribution in [-0.2, 0) is 17.9 Å². The van der Waals surface area contributed by atoms with Crippen LogP contribution in [0.15, 0.2) is 60.7 Å². The Morgan fingerprint density at radius 2 is 1.85 bits per heavy atom. The van der Waals surface area contributed by atoms with Crippen molar-refractivity contribution in [2.75, 3.05) is 7.11 Å². The summed E-state index contributed by atoms with van der Waals surface area (Å²) in [6.45, 7) is 3.08. The zero-order chi connectivity index (χ0) is 31.5. The van der Waals surface area contributed by atoms with Gasteiger partial charge in [-0.1, -0.05) is 41.9 Å². The van der Waals surface area contributed by atoms with Crippen molar-refractivity contribution in [2.24, 2.45) is 5.92 Å². The zero-order valence-corrected chi connectivity index (χ0v) is 26.5. The van der Waals surface area contributed by atoms with Crippen molar-refractivity contribution in [3.05, 3.63) is 82.6 Å². The second kappa shape index (κ2) is 11.3. The third-order valence-corrected chi connectivity index (χ3v) is 9.96. The van der Waals surface area contributed by atoms with Crippen LogP contribution in [-0.4, -0.2) is 61.1 Å². The van der Waals surface area contributed by atoms with Crippen molar-refractivity contribution in [2.45, 2.75) is 70.3 Å². The molecule has 1 aromatic carbocycles. The third-order valence-electron chi connectivity index (χ3n) is 9.75. The molecule has 2 bridgehead atoms. The number of fused-ring (bicyclic) bond motifs is 4. The molecule has 1 N–H and O–H groups in total. The van der Waals surface area contributed by atoms with Gasteiger partial charge in [-0.25, -0.2) is 14.8 Å². The summed E-state index contributed by atoms with van der Waals surface area (Å²) in [6, 6.07) is 18.9. The zero-order valence-electron chi connectivity index (χ0n) is 25.8. The number of methoxy groups -OCH3 is 1. The van der Waals surface area contributed by atoms with Gasteiger partial charge in [0.25, 0.3) is 5.91 Å². The van der Waals surface area contributed by atoms with E-state index in [9.17, 15) is 9.59 Å². The fourth-order valence-electron chi connectivity index (χ4n) is 7.36. The van der Waals surface area contributed by atoms with Crippen LogP contribution in [0.1, 0.15) is 53.7 Å². The largest absolute Gasteiger partial charge is 0.482 e. The van der Waals surface area contributed by atoms with Gasteiger partial charge in [0.05, 0.1) is 30.6 Å². The molecule has 0 radical (unpaired) electrons. The van der Waals surface area contributed by atoms with Crippen LogP contribution in [0.3, 0.4) is 0 Å². The maximum atomic E-state index is 14.1. The summed E-state index contributed by atoms with van der Waals surface area (Å²) < 4.78 is 15.5. The number of halogens is 1. The molecule has 5 aromatic rings. The highest BCUT2D eigenvalue weighted by Gasteiger charge is 2.49. The lowest BCUT2D eigenvalue weighted by Gasteiger charge is -2.25. The Morgan fingerprint density at radius 1 is 1.02 bits per heavy atom. The first-order chi connectivity index (χ1) is 22.4. The summed E-state index contributed by atoms with van der Waals surface area (Å²) in [5, 5.41) is 4.49. The van der Waals surface area contributed by atoms with Gasteiger partial charge in [0, 0.05) is 29.6 Å². The Hall–Kier alpha value is -4.57. The summed E-state index contributed by atoms with van der Waals surface area (Å²) >= 11 is 6.31. The Labute approximate surface area is 271 Å². The number of alkyl carbamates (subject to hydrolysis) is 1. The molecule has 2 saturated heterocycles. The molecule has 236 valence electrons. The van der Waals surface area contributed by atoms with Crippen LogP contribution in [0.4, 0.5) is 4.79 Å². The van der Waals surface area contributed by atoms with Crippen molar-refractivity contribution in [1.82, 2.24) is 29.2 Å². The number of aryl methyl sites for hydroxylation is 1. The van der Waals surface area contributed by atoms with E-state index in [0.717, 1.165) is 53.1 Å². The fourth-order valence-corrected chi connectivity index (χ4v) is 7.51. The molecule has 0 unspecified atom stereocenters. The fraction of sp³-hybridized carbons (Fsp3) is 0.371. The summed E-state index contributed by atoms with van der Waals surface area (Å²) in [5.41, 5.74) is 5.62. The molecule has 46 heavy (non-hydrogen) atoms. The van der Waals surface area contributed by atoms with E-state index < -0.39 is 6.09 Å². The smallest absolute Gasteiger partial charge is 0.407 e.